The maximum Gasteiger partial charge on any atom is 0.309 e. The summed E-state index contributed by atoms with van der Waals surface area (Å²) < 4.78 is 24.1. The zero-order chi connectivity index (χ0) is 17.6. The van der Waals surface area contributed by atoms with Crippen LogP contribution in [-0.4, -0.2) is 38.1 Å². The van der Waals surface area contributed by atoms with Gasteiger partial charge in [-0.05, 0) is 25.2 Å². The number of nitrogens with two attached hydrogens (primary N) is 1. The molecule has 0 saturated heterocycles. The summed E-state index contributed by atoms with van der Waals surface area (Å²) in [5, 5.41) is 0. The second kappa shape index (κ2) is 9.35. The van der Waals surface area contributed by atoms with Crippen LogP contribution < -0.4 is 5.73 Å². The lowest BCUT2D eigenvalue weighted by Gasteiger charge is -2.36. The molecule has 6 heteroatoms. The van der Waals surface area contributed by atoms with E-state index in [0.717, 1.165) is 44.9 Å². The Kier molecular flexibility index (Phi) is 7.77. The molecule has 140 valence electrons. The van der Waals surface area contributed by atoms with Gasteiger partial charge in [-0.2, -0.15) is 0 Å². The van der Waals surface area contributed by atoms with E-state index in [1.165, 1.54) is 33.5 Å². The normalized spacial score (nSPS) is 29.6. The van der Waals surface area contributed by atoms with Gasteiger partial charge < -0.3 is 15.0 Å². The predicted molar refractivity (Wildman–Crippen MR) is 96.4 cm³/mol. The Hall–Kier alpha value is -0.380. The van der Waals surface area contributed by atoms with Crippen molar-refractivity contribution in [1.29, 1.82) is 0 Å². The van der Waals surface area contributed by atoms with Crippen LogP contribution in [0.4, 0.5) is 0 Å². The lowest BCUT2D eigenvalue weighted by molar-refractivity contribution is -0.145. The lowest BCUT2D eigenvalue weighted by Crippen LogP contribution is -2.39. The van der Waals surface area contributed by atoms with E-state index < -0.39 is 7.37 Å². The third kappa shape index (κ3) is 5.06. The van der Waals surface area contributed by atoms with Crippen LogP contribution in [0.25, 0.3) is 0 Å². The molecule has 2 rings (SSSR count). The van der Waals surface area contributed by atoms with Gasteiger partial charge in [0.05, 0.1) is 18.7 Å². The van der Waals surface area contributed by atoms with Crippen molar-refractivity contribution in [3.05, 3.63) is 0 Å². The zero-order valence-electron chi connectivity index (χ0n) is 15.2. The molecule has 2 saturated carbocycles. The van der Waals surface area contributed by atoms with Crippen LogP contribution >= 0.6 is 7.37 Å². The summed E-state index contributed by atoms with van der Waals surface area (Å²) in [6, 6.07) is -0.0856. The molecule has 4 atom stereocenters. The molecule has 0 amide bonds. The van der Waals surface area contributed by atoms with Crippen molar-refractivity contribution >= 4 is 13.3 Å². The first-order valence-corrected chi connectivity index (χ1v) is 11.4. The molecule has 0 radical (unpaired) electrons. The molecular formula is C18H34NO4P. The van der Waals surface area contributed by atoms with Gasteiger partial charge in [0.1, 0.15) is 0 Å². The lowest BCUT2D eigenvalue weighted by atomic mass is 9.83. The van der Waals surface area contributed by atoms with Gasteiger partial charge in [-0.25, -0.2) is 0 Å². The van der Waals surface area contributed by atoms with Gasteiger partial charge in [0.15, 0.2) is 0 Å². The van der Waals surface area contributed by atoms with Crippen molar-refractivity contribution in [1.82, 2.24) is 0 Å². The molecule has 0 aromatic carbocycles. The fourth-order valence-corrected chi connectivity index (χ4v) is 7.43. The highest BCUT2D eigenvalue weighted by molar-refractivity contribution is 7.59. The van der Waals surface area contributed by atoms with Crippen LogP contribution in [0, 0.1) is 11.8 Å². The number of rotatable bonds is 7. The maximum atomic E-state index is 13.5. The number of methoxy groups -OCH3 is 1. The topological polar surface area (TPSA) is 78.6 Å². The van der Waals surface area contributed by atoms with Gasteiger partial charge >= 0.3 is 5.97 Å². The molecule has 2 aliphatic rings. The Bertz CT molecular complexity index is 450. The molecule has 0 aliphatic heterocycles. The van der Waals surface area contributed by atoms with E-state index in [2.05, 4.69) is 0 Å². The van der Waals surface area contributed by atoms with Crippen molar-refractivity contribution in [3.8, 4) is 0 Å². The van der Waals surface area contributed by atoms with Crippen molar-refractivity contribution in [2.24, 2.45) is 17.6 Å². The molecule has 0 heterocycles. The monoisotopic (exact) mass is 359 g/mol. The number of hydrogen-bond acceptors (Lipinski definition) is 5. The van der Waals surface area contributed by atoms with Crippen molar-refractivity contribution in [2.75, 3.05) is 20.4 Å². The molecule has 2 aliphatic carbocycles. The van der Waals surface area contributed by atoms with Crippen LogP contribution in [-0.2, 0) is 18.6 Å². The molecule has 0 aromatic heterocycles. The first-order chi connectivity index (χ1) is 11.5. The highest BCUT2D eigenvalue weighted by atomic mass is 31.2. The molecule has 0 bridgehead atoms. The molecule has 5 nitrogen and oxygen atoms in total. The average Bonchev–Trinajstić information content (AvgIpc) is 2.61. The highest BCUT2D eigenvalue weighted by Gasteiger charge is 2.42. The molecule has 0 spiro atoms. The van der Waals surface area contributed by atoms with Crippen LogP contribution in [0.2, 0.25) is 0 Å². The maximum absolute atomic E-state index is 13.5. The summed E-state index contributed by atoms with van der Waals surface area (Å²) in [6.45, 7) is 0. The number of hydrogen-bond donors (Lipinski definition) is 1. The second-order valence-corrected chi connectivity index (χ2v) is 10.4. The third-order valence-corrected chi connectivity index (χ3v) is 9.17. The Morgan fingerprint density at radius 1 is 1.08 bits per heavy atom. The summed E-state index contributed by atoms with van der Waals surface area (Å²) in [7, 11) is -0.0206. The summed E-state index contributed by atoms with van der Waals surface area (Å²) in [6.07, 6.45) is 11.0. The van der Waals surface area contributed by atoms with Gasteiger partial charge in [0.25, 0.3) is 0 Å². The van der Waals surface area contributed by atoms with Crippen molar-refractivity contribution < 1.29 is 18.6 Å². The van der Waals surface area contributed by atoms with E-state index in [1.807, 2.05) is 0 Å². The molecule has 2 fully saturated rings. The smallest absolute Gasteiger partial charge is 0.309 e. The minimum atomic E-state index is -2.95. The van der Waals surface area contributed by atoms with E-state index in [1.54, 1.807) is 0 Å². The van der Waals surface area contributed by atoms with Crippen molar-refractivity contribution in [2.45, 2.75) is 75.9 Å². The van der Waals surface area contributed by atoms with Crippen LogP contribution in [0.15, 0.2) is 0 Å². The fraction of sp³-hybridized carbons (Fsp3) is 0.944. The standard InChI is InChI=1S/C18H34NO4P/c1-22-18(20)15(12-14-8-4-3-5-9-14)13-24(21,23-2)17-11-7-6-10-16(17)19/h14-17H,3-13,19H2,1-2H3. The number of ether oxygens (including phenoxy) is 1. The van der Waals surface area contributed by atoms with E-state index >= 15 is 0 Å². The van der Waals surface area contributed by atoms with E-state index in [0.29, 0.717) is 5.92 Å². The minimum absolute atomic E-state index is 0.0856. The Balaban J connectivity index is 2.09. The van der Waals surface area contributed by atoms with Crippen molar-refractivity contribution in [3.63, 3.8) is 0 Å². The first kappa shape index (κ1) is 19.9. The van der Waals surface area contributed by atoms with E-state index in [-0.39, 0.29) is 29.7 Å². The summed E-state index contributed by atoms with van der Waals surface area (Å²) >= 11 is 0. The van der Waals surface area contributed by atoms with E-state index in [4.69, 9.17) is 15.0 Å². The van der Waals surface area contributed by atoms with Gasteiger partial charge in [0, 0.05) is 19.3 Å². The summed E-state index contributed by atoms with van der Waals surface area (Å²) in [5.41, 5.74) is 6.12. The zero-order valence-corrected chi connectivity index (χ0v) is 16.1. The highest BCUT2D eigenvalue weighted by Crippen LogP contribution is 2.57. The molecular weight excluding hydrogens is 325 g/mol. The Labute approximate surface area is 146 Å². The Morgan fingerprint density at radius 2 is 1.71 bits per heavy atom. The fourth-order valence-electron chi connectivity index (χ4n) is 4.52. The minimum Gasteiger partial charge on any atom is -0.469 e. The predicted octanol–water partition coefficient (Wildman–Crippen LogP) is 3.94. The summed E-state index contributed by atoms with van der Waals surface area (Å²) in [5.74, 6) is -0.0478. The van der Waals surface area contributed by atoms with E-state index in [9.17, 15) is 9.36 Å². The van der Waals surface area contributed by atoms with Crippen LogP contribution in [0.5, 0.6) is 0 Å². The van der Waals surface area contributed by atoms with Gasteiger partial charge in [-0.15, -0.1) is 0 Å². The third-order valence-electron chi connectivity index (χ3n) is 5.95. The molecule has 2 N–H and O–H groups in total. The Morgan fingerprint density at radius 3 is 2.29 bits per heavy atom. The molecule has 24 heavy (non-hydrogen) atoms. The van der Waals surface area contributed by atoms with Gasteiger partial charge in [-0.3, -0.25) is 9.36 Å². The van der Waals surface area contributed by atoms with Gasteiger partial charge in [-0.1, -0.05) is 44.9 Å². The quantitative estimate of drug-likeness (QED) is 0.550. The molecule has 0 aromatic rings. The number of carbonyl (C=O) groups is 1. The average molecular weight is 359 g/mol. The van der Waals surface area contributed by atoms with Crippen LogP contribution in [0.1, 0.15) is 64.2 Å². The van der Waals surface area contributed by atoms with Crippen LogP contribution in [0.3, 0.4) is 0 Å². The first-order valence-electron chi connectivity index (χ1n) is 9.48. The molecule has 4 unspecified atom stereocenters. The van der Waals surface area contributed by atoms with Gasteiger partial charge in [0.2, 0.25) is 7.37 Å². The largest absolute Gasteiger partial charge is 0.469 e. The second-order valence-electron chi connectivity index (χ2n) is 7.57. The number of esters is 1. The number of carbonyl (C=O) groups excluding carboxylic acids is 1. The summed E-state index contributed by atoms with van der Waals surface area (Å²) in [4.78, 5) is 12.3. The SMILES string of the molecule is COC(=O)C(CC1CCCCC1)CP(=O)(OC)C1CCCCC1N.